The third-order valence-electron chi connectivity index (χ3n) is 3.07. The molecule has 5 nitrogen and oxygen atoms in total. The van der Waals surface area contributed by atoms with E-state index in [-0.39, 0.29) is 0 Å². The Kier molecular flexibility index (Phi) is 3.02. The molecule has 0 saturated heterocycles. The lowest BCUT2D eigenvalue weighted by Crippen LogP contribution is -2.02. The van der Waals surface area contributed by atoms with Crippen LogP contribution in [-0.4, -0.2) is 19.7 Å². The topological polar surface area (TPSA) is 59.6 Å². The maximum atomic E-state index is 5.36. The van der Waals surface area contributed by atoms with Crippen molar-refractivity contribution in [1.82, 2.24) is 19.7 Å². The number of fused-ring (bicyclic) bond motifs is 1. The van der Waals surface area contributed by atoms with E-state index in [0.717, 1.165) is 32.7 Å². The van der Waals surface area contributed by atoms with Crippen LogP contribution >= 0.6 is 28.1 Å². The first-order valence-corrected chi connectivity index (χ1v) is 6.92. The summed E-state index contributed by atoms with van der Waals surface area (Å²) in [6.45, 7) is 4.43. The van der Waals surface area contributed by atoms with E-state index in [4.69, 9.17) is 16.7 Å². The summed E-state index contributed by atoms with van der Waals surface area (Å²) in [7, 11) is 0. The number of hydrogen-bond acceptors (Lipinski definition) is 4. The molecule has 7 heteroatoms. The number of aromatic amines is 1. The zero-order valence-electron chi connectivity index (χ0n) is 10.4. The van der Waals surface area contributed by atoms with Gasteiger partial charge in [-0.1, -0.05) is 5.16 Å². The first-order valence-electron chi connectivity index (χ1n) is 5.72. The van der Waals surface area contributed by atoms with Gasteiger partial charge >= 0.3 is 0 Å². The third-order valence-corrected chi connectivity index (χ3v) is 3.83. The molecule has 98 valence electrons. The highest BCUT2D eigenvalue weighted by Crippen LogP contribution is 2.20. The van der Waals surface area contributed by atoms with Crippen LogP contribution in [0.3, 0.4) is 0 Å². The van der Waals surface area contributed by atoms with Crippen molar-refractivity contribution in [1.29, 1.82) is 0 Å². The van der Waals surface area contributed by atoms with Crippen molar-refractivity contribution in [3.63, 3.8) is 0 Å². The lowest BCUT2D eigenvalue weighted by Gasteiger charge is -2.03. The minimum absolute atomic E-state index is 0.606. The second kappa shape index (κ2) is 4.57. The molecule has 0 saturated carbocycles. The van der Waals surface area contributed by atoms with E-state index in [9.17, 15) is 0 Å². The fraction of sp³-hybridized carbons (Fsp3) is 0.250. The predicted octanol–water partition coefficient (Wildman–Crippen LogP) is 3.51. The van der Waals surface area contributed by atoms with Crippen LogP contribution in [0.1, 0.15) is 17.0 Å². The molecule has 1 N–H and O–H groups in total. The first-order chi connectivity index (χ1) is 9.06. The summed E-state index contributed by atoms with van der Waals surface area (Å²) in [4.78, 5) is 7.56. The predicted molar refractivity (Wildman–Crippen MR) is 77.7 cm³/mol. The Morgan fingerprint density at radius 2 is 2.26 bits per heavy atom. The number of H-pyrrole nitrogens is 1. The van der Waals surface area contributed by atoms with E-state index < -0.39 is 0 Å². The van der Waals surface area contributed by atoms with Gasteiger partial charge in [-0.3, -0.25) is 4.57 Å². The highest BCUT2D eigenvalue weighted by molar-refractivity contribution is 9.10. The van der Waals surface area contributed by atoms with Gasteiger partial charge in [0, 0.05) is 16.2 Å². The Labute approximate surface area is 122 Å². The Bertz CT molecular complexity index is 797. The van der Waals surface area contributed by atoms with Crippen LogP contribution in [0.2, 0.25) is 0 Å². The molecule has 0 aliphatic carbocycles. The first kappa shape index (κ1) is 12.6. The molecule has 0 unspecified atom stereocenters. The van der Waals surface area contributed by atoms with E-state index in [1.165, 1.54) is 0 Å². The van der Waals surface area contributed by atoms with Gasteiger partial charge in [-0.15, -0.1) is 0 Å². The molecule has 0 aliphatic heterocycles. The Hall–Kier alpha value is -1.47. The van der Waals surface area contributed by atoms with E-state index in [0.29, 0.717) is 11.3 Å². The van der Waals surface area contributed by atoms with Crippen molar-refractivity contribution in [2.45, 2.75) is 20.4 Å². The summed E-state index contributed by atoms with van der Waals surface area (Å²) in [5, 5.41) is 3.96. The summed E-state index contributed by atoms with van der Waals surface area (Å²) in [6, 6.07) is 1.96. The normalized spacial score (nSPS) is 11.3. The number of halogens is 1. The molecular weight excluding hydrogens is 328 g/mol. The molecule has 0 aromatic carbocycles. The summed E-state index contributed by atoms with van der Waals surface area (Å²) in [6.07, 6.45) is 1.76. The average Bonchev–Trinajstić information content (AvgIpc) is 2.83. The van der Waals surface area contributed by atoms with Crippen molar-refractivity contribution in [3.05, 3.63) is 38.5 Å². The summed E-state index contributed by atoms with van der Waals surface area (Å²) >= 11 is 8.76. The largest absolute Gasteiger partial charge is 0.361 e. The van der Waals surface area contributed by atoms with Crippen molar-refractivity contribution < 1.29 is 4.52 Å². The number of nitrogens with zero attached hydrogens (tertiary/aromatic N) is 3. The van der Waals surface area contributed by atoms with Crippen LogP contribution in [-0.2, 0) is 6.54 Å². The number of rotatable bonds is 2. The number of aromatic nitrogens is 4. The zero-order chi connectivity index (χ0) is 13.6. The van der Waals surface area contributed by atoms with Gasteiger partial charge in [0.1, 0.15) is 5.76 Å². The average molecular weight is 339 g/mol. The monoisotopic (exact) mass is 338 g/mol. The van der Waals surface area contributed by atoms with Crippen LogP contribution in [0.25, 0.3) is 11.2 Å². The Balaban J connectivity index is 2.16. The van der Waals surface area contributed by atoms with Crippen LogP contribution in [0.5, 0.6) is 0 Å². The zero-order valence-corrected chi connectivity index (χ0v) is 12.8. The number of hydrogen-bond donors (Lipinski definition) is 1. The number of pyridine rings is 1. The van der Waals surface area contributed by atoms with E-state index in [1.54, 1.807) is 6.20 Å². The van der Waals surface area contributed by atoms with Gasteiger partial charge in [0.15, 0.2) is 10.4 Å². The molecule has 3 heterocycles. The van der Waals surface area contributed by atoms with Gasteiger partial charge in [-0.2, -0.15) is 0 Å². The molecule has 0 atom stereocenters. The standard InChI is InChI=1S/C12H11BrN4OS/c1-6-9(7(2)18-16-6)5-17-11-10(15-12(17)19)3-8(13)4-14-11/h3-4H,5H2,1-2H3,(H,15,19). The SMILES string of the molecule is Cc1noc(C)c1Cn1c(=S)[nH]c2cc(Br)cnc21. The summed E-state index contributed by atoms with van der Waals surface area (Å²) in [5.41, 5.74) is 3.66. The third kappa shape index (κ3) is 2.12. The van der Waals surface area contributed by atoms with Gasteiger partial charge in [0.05, 0.1) is 17.8 Å². The minimum Gasteiger partial charge on any atom is -0.361 e. The maximum absolute atomic E-state index is 5.36. The lowest BCUT2D eigenvalue weighted by atomic mass is 10.2. The van der Waals surface area contributed by atoms with Crippen molar-refractivity contribution in [2.24, 2.45) is 0 Å². The van der Waals surface area contributed by atoms with Crippen LogP contribution < -0.4 is 0 Å². The fourth-order valence-corrected chi connectivity index (χ4v) is 2.64. The summed E-state index contributed by atoms with van der Waals surface area (Å²) < 4.78 is 8.68. The number of aryl methyl sites for hydroxylation is 2. The van der Waals surface area contributed by atoms with Crippen molar-refractivity contribution >= 4 is 39.3 Å². The van der Waals surface area contributed by atoms with E-state index >= 15 is 0 Å². The maximum Gasteiger partial charge on any atom is 0.179 e. The van der Waals surface area contributed by atoms with E-state index in [1.807, 2.05) is 24.5 Å². The number of imidazole rings is 1. The van der Waals surface area contributed by atoms with Crippen LogP contribution in [0.4, 0.5) is 0 Å². The van der Waals surface area contributed by atoms with Crippen LogP contribution in [0.15, 0.2) is 21.3 Å². The fourth-order valence-electron chi connectivity index (χ4n) is 2.05. The molecule has 3 aromatic heterocycles. The molecule has 3 aromatic rings. The Morgan fingerprint density at radius 1 is 1.47 bits per heavy atom. The molecule has 0 amide bonds. The van der Waals surface area contributed by atoms with Gasteiger partial charge < -0.3 is 9.51 Å². The minimum atomic E-state index is 0.606. The van der Waals surface area contributed by atoms with Crippen LogP contribution in [0, 0.1) is 18.6 Å². The highest BCUT2D eigenvalue weighted by Gasteiger charge is 2.13. The van der Waals surface area contributed by atoms with E-state index in [2.05, 4.69) is 31.1 Å². The van der Waals surface area contributed by atoms with Gasteiger partial charge in [0.2, 0.25) is 0 Å². The highest BCUT2D eigenvalue weighted by atomic mass is 79.9. The molecule has 0 spiro atoms. The summed E-state index contributed by atoms with van der Waals surface area (Å²) in [5.74, 6) is 0.811. The molecule has 0 aliphatic rings. The molecule has 3 rings (SSSR count). The van der Waals surface area contributed by atoms with Gasteiger partial charge in [0.25, 0.3) is 0 Å². The smallest absolute Gasteiger partial charge is 0.179 e. The number of nitrogens with one attached hydrogen (secondary N) is 1. The quantitative estimate of drug-likeness (QED) is 0.726. The molecule has 0 bridgehead atoms. The van der Waals surface area contributed by atoms with Gasteiger partial charge in [-0.05, 0) is 48.1 Å². The van der Waals surface area contributed by atoms with Crippen molar-refractivity contribution in [2.75, 3.05) is 0 Å². The second-order valence-electron chi connectivity index (χ2n) is 4.34. The molecule has 0 radical (unpaired) electrons. The van der Waals surface area contributed by atoms with Crippen molar-refractivity contribution in [3.8, 4) is 0 Å². The second-order valence-corrected chi connectivity index (χ2v) is 5.65. The molecule has 19 heavy (non-hydrogen) atoms. The van der Waals surface area contributed by atoms with Gasteiger partial charge in [-0.25, -0.2) is 4.98 Å². The lowest BCUT2D eigenvalue weighted by molar-refractivity contribution is 0.392. The molecule has 0 fully saturated rings. The molecular formula is C12H11BrN4OS. The Morgan fingerprint density at radius 3 is 2.95 bits per heavy atom.